The molecule has 0 unspecified atom stereocenters. The number of fused-ring (bicyclic) bond motifs is 1. The molecular weight excluding hydrogens is 138 g/mol. The van der Waals surface area contributed by atoms with Crippen LogP contribution in [0.2, 0.25) is 0 Å². The van der Waals surface area contributed by atoms with Gasteiger partial charge in [-0.05, 0) is 19.1 Å². The van der Waals surface area contributed by atoms with Gasteiger partial charge in [-0.1, -0.05) is 0 Å². The van der Waals surface area contributed by atoms with E-state index in [1.807, 2.05) is 23.6 Å². The first-order valence-electron chi connectivity index (χ1n) is 4.10. The Labute approximate surface area is 66.1 Å². The number of aryl methyl sites for hydroxylation is 1. The van der Waals surface area contributed by atoms with Crippen LogP contribution in [0.5, 0.6) is 0 Å². The molecule has 3 nitrogen and oxygen atoms in total. The minimum absolute atomic E-state index is 0.284. The molecule has 0 amide bonds. The van der Waals surface area contributed by atoms with Crippen molar-refractivity contribution < 1.29 is 1.37 Å². The van der Waals surface area contributed by atoms with Gasteiger partial charge in [-0.2, -0.15) is 0 Å². The Morgan fingerprint density at radius 2 is 2.55 bits per heavy atom. The first-order chi connectivity index (χ1) is 5.83. The van der Waals surface area contributed by atoms with Gasteiger partial charge >= 0.3 is 0 Å². The summed E-state index contributed by atoms with van der Waals surface area (Å²) in [7, 11) is 0. The van der Waals surface area contributed by atoms with Gasteiger partial charge in [-0.15, -0.1) is 0 Å². The topological polar surface area (TPSA) is 30.7 Å². The minimum Gasteiger partial charge on any atom is -0.330 e. The van der Waals surface area contributed by atoms with E-state index < -0.39 is 0 Å². The first kappa shape index (κ1) is 5.29. The zero-order valence-corrected chi connectivity index (χ0v) is 6.28. The first-order valence-corrected chi connectivity index (χ1v) is 3.60. The molecule has 0 aromatic carbocycles. The third-order valence-electron chi connectivity index (χ3n) is 1.65. The second-order valence-corrected chi connectivity index (χ2v) is 2.30. The second kappa shape index (κ2) is 2.34. The van der Waals surface area contributed by atoms with Crippen molar-refractivity contribution >= 4 is 11.2 Å². The van der Waals surface area contributed by atoms with Gasteiger partial charge in [-0.3, -0.25) is 0 Å². The Kier molecular flexibility index (Phi) is 1.13. The Morgan fingerprint density at radius 1 is 1.64 bits per heavy atom. The second-order valence-electron chi connectivity index (χ2n) is 2.30. The molecule has 3 heteroatoms. The van der Waals surface area contributed by atoms with E-state index >= 15 is 0 Å². The van der Waals surface area contributed by atoms with Crippen LogP contribution in [0.3, 0.4) is 0 Å². The van der Waals surface area contributed by atoms with E-state index in [1.165, 1.54) is 0 Å². The molecule has 11 heavy (non-hydrogen) atoms. The molecule has 0 saturated heterocycles. The highest BCUT2D eigenvalue weighted by molar-refractivity contribution is 5.70. The Morgan fingerprint density at radius 3 is 3.36 bits per heavy atom. The molecule has 0 aliphatic carbocycles. The number of hydrogen-bond acceptors (Lipinski definition) is 2. The molecule has 0 atom stereocenters. The van der Waals surface area contributed by atoms with Crippen molar-refractivity contribution in [1.29, 1.82) is 0 Å². The molecule has 0 bridgehead atoms. The summed E-state index contributed by atoms with van der Waals surface area (Å²) in [4.78, 5) is 8.06. The fourth-order valence-electron chi connectivity index (χ4n) is 1.09. The number of rotatable bonds is 1. The molecule has 0 radical (unpaired) electrons. The van der Waals surface area contributed by atoms with Crippen LogP contribution in [0.25, 0.3) is 11.2 Å². The standard InChI is InChI=1S/C8H9N3/c1-2-11-6-10-8-7(11)4-3-5-9-8/h3-6H,2H2,1H3/i6D. The molecule has 2 heterocycles. The maximum atomic E-state index is 7.51. The number of pyridine rings is 1. The number of imidazole rings is 1. The molecule has 0 aliphatic heterocycles. The summed E-state index contributed by atoms with van der Waals surface area (Å²) in [6, 6.07) is 3.78. The van der Waals surface area contributed by atoms with Gasteiger partial charge in [0.05, 0.1) is 11.8 Å². The zero-order chi connectivity index (χ0) is 8.55. The summed E-state index contributed by atoms with van der Waals surface area (Å²) >= 11 is 0. The van der Waals surface area contributed by atoms with Crippen LogP contribution < -0.4 is 0 Å². The van der Waals surface area contributed by atoms with Crippen molar-refractivity contribution in [1.82, 2.24) is 14.5 Å². The summed E-state index contributed by atoms with van der Waals surface area (Å²) in [6.07, 6.45) is 1.97. The van der Waals surface area contributed by atoms with Gasteiger partial charge in [-0.25, -0.2) is 9.97 Å². The molecule has 2 aromatic heterocycles. The molecule has 2 rings (SSSR count). The van der Waals surface area contributed by atoms with Crippen molar-refractivity contribution in [2.75, 3.05) is 0 Å². The summed E-state index contributed by atoms with van der Waals surface area (Å²) < 4.78 is 9.33. The van der Waals surface area contributed by atoms with Crippen LogP contribution in [-0.4, -0.2) is 14.5 Å². The predicted octanol–water partition coefficient (Wildman–Crippen LogP) is 1.45. The Balaban J connectivity index is 2.81. The van der Waals surface area contributed by atoms with E-state index in [4.69, 9.17) is 1.37 Å². The lowest BCUT2D eigenvalue weighted by molar-refractivity contribution is 0.787. The number of hydrogen-bond donors (Lipinski definition) is 0. The summed E-state index contributed by atoms with van der Waals surface area (Å²) in [5, 5.41) is 0. The lowest BCUT2D eigenvalue weighted by Gasteiger charge is -1.95. The molecule has 0 spiro atoms. The molecule has 2 aromatic rings. The third-order valence-corrected chi connectivity index (χ3v) is 1.65. The molecule has 56 valence electrons. The van der Waals surface area contributed by atoms with E-state index in [-0.39, 0.29) is 6.30 Å². The lowest BCUT2D eigenvalue weighted by Crippen LogP contribution is -1.89. The average molecular weight is 148 g/mol. The van der Waals surface area contributed by atoms with E-state index in [1.54, 1.807) is 6.20 Å². The lowest BCUT2D eigenvalue weighted by atomic mass is 10.4. The largest absolute Gasteiger partial charge is 0.330 e. The number of aromatic nitrogens is 3. The third kappa shape index (κ3) is 0.888. The Bertz CT molecular complexity index is 408. The molecule has 0 N–H and O–H groups in total. The highest BCUT2D eigenvalue weighted by Crippen LogP contribution is 2.07. The maximum Gasteiger partial charge on any atom is 0.177 e. The number of nitrogens with zero attached hydrogens (tertiary/aromatic N) is 3. The smallest absolute Gasteiger partial charge is 0.177 e. The predicted molar refractivity (Wildman–Crippen MR) is 43.2 cm³/mol. The fourth-order valence-corrected chi connectivity index (χ4v) is 1.09. The SMILES string of the molecule is [2H]c1nc2ncccc2n1CC. The summed E-state index contributed by atoms with van der Waals surface area (Å²) in [5.74, 6) is 0. The average Bonchev–Trinajstić information content (AvgIpc) is 2.40. The van der Waals surface area contributed by atoms with Crippen molar-refractivity contribution in [2.24, 2.45) is 0 Å². The molecule has 0 saturated carbocycles. The van der Waals surface area contributed by atoms with Crippen LogP contribution in [0.4, 0.5) is 0 Å². The van der Waals surface area contributed by atoms with Gasteiger partial charge in [0.2, 0.25) is 0 Å². The molecule has 0 aliphatic rings. The normalized spacial score (nSPS) is 11.9. The van der Waals surface area contributed by atoms with Crippen LogP contribution in [-0.2, 0) is 6.54 Å². The van der Waals surface area contributed by atoms with Crippen molar-refractivity contribution in [3.8, 4) is 0 Å². The maximum absolute atomic E-state index is 7.51. The van der Waals surface area contributed by atoms with Crippen LogP contribution in [0.1, 0.15) is 8.29 Å². The van der Waals surface area contributed by atoms with Crippen LogP contribution in [0.15, 0.2) is 24.6 Å². The van der Waals surface area contributed by atoms with Gasteiger partial charge < -0.3 is 4.57 Å². The van der Waals surface area contributed by atoms with E-state index in [0.717, 1.165) is 12.1 Å². The monoisotopic (exact) mass is 148 g/mol. The van der Waals surface area contributed by atoms with Crippen molar-refractivity contribution in [3.05, 3.63) is 24.6 Å². The summed E-state index contributed by atoms with van der Waals surface area (Å²) in [5.41, 5.74) is 1.59. The highest BCUT2D eigenvalue weighted by atomic mass is 15.1. The fraction of sp³-hybridized carbons (Fsp3) is 0.250. The van der Waals surface area contributed by atoms with Gasteiger partial charge in [0, 0.05) is 12.7 Å². The van der Waals surface area contributed by atoms with Gasteiger partial charge in [0.15, 0.2) is 5.65 Å². The molecular formula is C8H9N3. The van der Waals surface area contributed by atoms with Crippen LogP contribution in [0, 0.1) is 0 Å². The van der Waals surface area contributed by atoms with Crippen molar-refractivity contribution in [3.63, 3.8) is 0 Å². The highest BCUT2D eigenvalue weighted by Gasteiger charge is 1.98. The Hall–Kier alpha value is -1.38. The molecule has 0 fully saturated rings. The summed E-state index contributed by atoms with van der Waals surface area (Å²) in [6.45, 7) is 2.76. The van der Waals surface area contributed by atoms with Gasteiger partial charge in [0.1, 0.15) is 1.37 Å². The van der Waals surface area contributed by atoms with Crippen molar-refractivity contribution in [2.45, 2.75) is 13.5 Å². The van der Waals surface area contributed by atoms with Gasteiger partial charge in [0.25, 0.3) is 0 Å². The van der Waals surface area contributed by atoms with E-state index in [0.29, 0.717) is 5.65 Å². The quantitative estimate of drug-likeness (QED) is 0.612. The zero-order valence-electron chi connectivity index (χ0n) is 7.28. The minimum atomic E-state index is 0.284. The van der Waals surface area contributed by atoms with E-state index in [2.05, 4.69) is 9.97 Å². The van der Waals surface area contributed by atoms with Crippen LogP contribution >= 0.6 is 0 Å². The van der Waals surface area contributed by atoms with E-state index in [9.17, 15) is 0 Å².